The number of hydrogen-bond donors (Lipinski definition) is 1. The molecule has 0 radical (unpaired) electrons. The smallest absolute Gasteiger partial charge is 0.0466 e. The molecule has 0 spiro atoms. The first-order valence-electron chi connectivity index (χ1n) is 7.95. The highest BCUT2D eigenvalue weighted by Gasteiger charge is 1.98. The van der Waals surface area contributed by atoms with Gasteiger partial charge >= 0.3 is 0 Å². The fourth-order valence-electron chi connectivity index (χ4n) is 1.85. The summed E-state index contributed by atoms with van der Waals surface area (Å²) in [5, 5.41) is 3.46. The van der Waals surface area contributed by atoms with Gasteiger partial charge in [0.2, 0.25) is 0 Å². The van der Waals surface area contributed by atoms with Crippen molar-refractivity contribution in [2.24, 2.45) is 11.8 Å². The van der Waals surface area contributed by atoms with Crippen LogP contribution in [0.1, 0.15) is 67.6 Å². The molecule has 0 aliphatic rings. The molecule has 0 aromatic rings. The third-order valence-corrected chi connectivity index (χ3v) is 3.38. The monoisotopic (exact) mass is 259 g/mol. The quantitative estimate of drug-likeness (QED) is 0.492. The molecule has 1 atom stereocenters. The van der Waals surface area contributed by atoms with Crippen LogP contribution in [0.25, 0.3) is 0 Å². The Morgan fingerprint density at radius 1 is 1.00 bits per heavy atom. The zero-order valence-electron chi connectivity index (χ0n) is 13.1. The molecule has 0 fully saturated rings. The van der Waals surface area contributed by atoms with E-state index in [1.165, 1.54) is 38.5 Å². The van der Waals surface area contributed by atoms with Crippen molar-refractivity contribution in [1.29, 1.82) is 0 Å². The third kappa shape index (κ3) is 14.0. The van der Waals surface area contributed by atoms with Crippen LogP contribution in [0, 0.1) is 11.8 Å². The average molecular weight is 259 g/mol. The molecule has 0 aliphatic carbocycles. The summed E-state index contributed by atoms with van der Waals surface area (Å²) in [5.74, 6) is 1.64. The lowest BCUT2D eigenvalue weighted by Crippen LogP contribution is -2.20. The van der Waals surface area contributed by atoms with Gasteiger partial charge in [0.1, 0.15) is 0 Å². The summed E-state index contributed by atoms with van der Waals surface area (Å²) >= 11 is 0. The summed E-state index contributed by atoms with van der Waals surface area (Å²) in [6, 6.07) is 0. The molecule has 0 aliphatic heterocycles. The van der Waals surface area contributed by atoms with E-state index in [-0.39, 0.29) is 1.43 Å². The molecule has 0 bridgehead atoms. The summed E-state index contributed by atoms with van der Waals surface area (Å²) < 4.78 is 5.65. The van der Waals surface area contributed by atoms with E-state index in [0.29, 0.717) is 0 Å². The van der Waals surface area contributed by atoms with Crippen LogP contribution in [-0.4, -0.2) is 26.3 Å². The van der Waals surface area contributed by atoms with Crippen LogP contribution < -0.4 is 5.32 Å². The van der Waals surface area contributed by atoms with E-state index >= 15 is 0 Å². The van der Waals surface area contributed by atoms with Crippen LogP contribution in [0.5, 0.6) is 0 Å². The van der Waals surface area contributed by atoms with Crippen LogP contribution in [0.4, 0.5) is 0 Å². The Balaban J connectivity index is 0. The van der Waals surface area contributed by atoms with Gasteiger partial charge in [0.15, 0.2) is 0 Å². The van der Waals surface area contributed by atoms with E-state index in [2.05, 4.69) is 33.0 Å². The molecule has 0 amide bonds. The molecule has 1 unspecified atom stereocenters. The van der Waals surface area contributed by atoms with E-state index in [4.69, 9.17) is 4.74 Å². The molecule has 0 saturated heterocycles. The van der Waals surface area contributed by atoms with E-state index in [9.17, 15) is 0 Å². The van der Waals surface area contributed by atoms with Crippen LogP contribution in [0.2, 0.25) is 0 Å². The number of nitrogens with one attached hydrogen (secondary N) is 1. The first kappa shape index (κ1) is 17.9. The lowest BCUT2D eigenvalue weighted by atomic mass is 10.0. The van der Waals surface area contributed by atoms with Gasteiger partial charge in [0.05, 0.1) is 0 Å². The molecule has 0 rings (SSSR count). The Morgan fingerprint density at radius 2 is 1.67 bits per heavy atom. The highest BCUT2D eigenvalue weighted by atomic mass is 16.5. The Labute approximate surface area is 116 Å². The van der Waals surface area contributed by atoms with Gasteiger partial charge in [0, 0.05) is 14.6 Å². The van der Waals surface area contributed by atoms with Crippen LogP contribution >= 0.6 is 0 Å². The standard InChI is InChI=1S/C16H35NO.H2/c1-5-16(4)10-6-8-12-18-13-9-7-11-17-14-15(2)3;/h15-17H,5-14H2,1-4H3;1H. The molecule has 2 nitrogen and oxygen atoms in total. The highest BCUT2D eigenvalue weighted by molar-refractivity contribution is 4.52. The summed E-state index contributed by atoms with van der Waals surface area (Å²) in [6.07, 6.45) is 7.65. The van der Waals surface area contributed by atoms with Crippen molar-refractivity contribution in [3.05, 3.63) is 0 Å². The second-order valence-electron chi connectivity index (χ2n) is 5.93. The van der Waals surface area contributed by atoms with Crippen molar-refractivity contribution in [1.82, 2.24) is 5.32 Å². The number of hydrogen-bond acceptors (Lipinski definition) is 2. The van der Waals surface area contributed by atoms with E-state index < -0.39 is 0 Å². The molecule has 0 heterocycles. The Kier molecular flexibility index (Phi) is 13.3. The number of rotatable bonds is 13. The number of unbranched alkanes of at least 4 members (excludes halogenated alkanes) is 2. The van der Waals surface area contributed by atoms with Crippen molar-refractivity contribution < 1.29 is 6.16 Å². The van der Waals surface area contributed by atoms with Crippen molar-refractivity contribution in [3.8, 4) is 0 Å². The lowest BCUT2D eigenvalue weighted by Gasteiger charge is -2.09. The third-order valence-electron chi connectivity index (χ3n) is 3.38. The summed E-state index contributed by atoms with van der Waals surface area (Å²) in [4.78, 5) is 0. The Hall–Kier alpha value is -0.0800. The second-order valence-corrected chi connectivity index (χ2v) is 5.93. The molecule has 0 aromatic heterocycles. The van der Waals surface area contributed by atoms with Gasteiger partial charge in [-0.25, -0.2) is 0 Å². The molecular formula is C16H37NO. The minimum Gasteiger partial charge on any atom is -0.381 e. The average Bonchev–Trinajstić information content (AvgIpc) is 2.35. The minimum absolute atomic E-state index is 0. The van der Waals surface area contributed by atoms with Crippen LogP contribution in [0.15, 0.2) is 0 Å². The van der Waals surface area contributed by atoms with Gasteiger partial charge in [0.25, 0.3) is 0 Å². The maximum absolute atomic E-state index is 5.65. The predicted octanol–water partition coefficient (Wildman–Crippen LogP) is 4.49. The molecular weight excluding hydrogens is 222 g/mol. The zero-order chi connectivity index (χ0) is 13.6. The van der Waals surface area contributed by atoms with E-state index in [1.807, 2.05) is 0 Å². The topological polar surface area (TPSA) is 21.3 Å². The largest absolute Gasteiger partial charge is 0.381 e. The summed E-state index contributed by atoms with van der Waals surface area (Å²) in [5.41, 5.74) is 0. The fraction of sp³-hybridized carbons (Fsp3) is 1.00. The van der Waals surface area contributed by atoms with E-state index in [0.717, 1.165) is 38.1 Å². The van der Waals surface area contributed by atoms with Crippen LogP contribution in [-0.2, 0) is 4.74 Å². The van der Waals surface area contributed by atoms with Crippen LogP contribution in [0.3, 0.4) is 0 Å². The first-order valence-corrected chi connectivity index (χ1v) is 7.95. The normalized spacial score (nSPS) is 13.2. The minimum atomic E-state index is 0. The lowest BCUT2D eigenvalue weighted by molar-refractivity contribution is 0.125. The Morgan fingerprint density at radius 3 is 2.28 bits per heavy atom. The van der Waals surface area contributed by atoms with Gasteiger partial charge in [-0.15, -0.1) is 0 Å². The van der Waals surface area contributed by atoms with Crippen molar-refractivity contribution >= 4 is 0 Å². The SMILES string of the molecule is CCC(C)CCCCOCCCCNCC(C)C.[HH]. The first-order chi connectivity index (χ1) is 8.66. The summed E-state index contributed by atoms with van der Waals surface area (Å²) in [6.45, 7) is 13.3. The Bertz CT molecular complexity index is 165. The van der Waals surface area contributed by atoms with Gasteiger partial charge in [-0.2, -0.15) is 0 Å². The highest BCUT2D eigenvalue weighted by Crippen LogP contribution is 2.10. The second kappa shape index (κ2) is 13.4. The van der Waals surface area contributed by atoms with Crippen molar-refractivity contribution in [2.45, 2.75) is 66.2 Å². The molecule has 2 heteroatoms. The predicted molar refractivity (Wildman–Crippen MR) is 83.2 cm³/mol. The fourth-order valence-corrected chi connectivity index (χ4v) is 1.85. The van der Waals surface area contributed by atoms with Gasteiger partial charge < -0.3 is 10.1 Å². The zero-order valence-corrected chi connectivity index (χ0v) is 13.1. The molecule has 1 N–H and O–H groups in total. The van der Waals surface area contributed by atoms with Crippen molar-refractivity contribution in [3.63, 3.8) is 0 Å². The summed E-state index contributed by atoms with van der Waals surface area (Å²) in [7, 11) is 0. The molecule has 0 aromatic carbocycles. The number of ether oxygens (including phenoxy) is 1. The maximum Gasteiger partial charge on any atom is 0.0466 e. The van der Waals surface area contributed by atoms with Crippen molar-refractivity contribution in [2.75, 3.05) is 26.3 Å². The molecule has 0 saturated carbocycles. The van der Waals surface area contributed by atoms with Gasteiger partial charge in [-0.3, -0.25) is 0 Å². The van der Waals surface area contributed by atoms with Gasteiger partial charge in [-0.05, 0) is 44.2 Å². The maximum atomic E-state index is 5.65. The van der Waals surface area contributed by atoms with E-state index in [1.54, 1.807) is 0 Å². The molecule has 18 heavy (non-hydrogen) atoms. The van der Waals surface area contributed by atoms with Gasteiger partial charge in [-0.1, -0.05) is 47.0 Å². The molecule has 112 valence electrons.